The standard InChI is InChI=1S/C28H28N6O2/c1-18-27(33-24(15-31-18)21-8-10-30-26(12-21)28(2,3)17-29)25-13-23(34-36-25)20-6-4-19(5-7-20)14-32-22-9-11-35-16-22/h4-8,10,12-13,15,22,32H,9,11,14,16H2,1-3H3/t22-/m0/s1. The van der Waals surface area contributed by atoms with Crippen LogP contribution in [-0.4, -0.2) is 39.4 Å². The van der Waals surface area contributed by atoms with Gasteiger partial charge in [-0.1, -0.05) is 29.4 Å². The molecule has 8 nitrogen and oxygen atoms in total. The number of nitrogens with one attached hydrogen (secondary N) is 1. The highest BCUT2D eigenvalue weighted by Gasteiger charge is 2.22. The van der Waals surface area contributed by atoms with Crippen LogP contribution in [-0.2, 0) is 16.7 Å². The average Bonchev–Trinajstić information content (AvgIpc) is 3.61. The van der Waals surface area contributed by atoms with Crippen LogP contribution in [0.2, 0.25) is 0 Å². The largest absolute Gasteiger partial charge is 0.380 e. The molecule has 4 heterocycles. The van der Waals surface area contributed by atoms with E-state index >= 15 is 0 Å². The Kier molecular flexibility index (Phi) is 6.59. The predicted molar refractivity (Wildman–Crippen MR) is 136 cm³/mol. The van der Waals surface area contributed by atoms with Crippen LogP contribution in [0.3, 0.4) is 0 Å². The summed E-state index contributed by atoms with van der Waals surface area (Å²) in [6.45, 7) is 8.00. The molecule has 3 aromatic heterocycles. The van der Waals surface area contributed by atoms with E-state index in [9.17, 15) is 5.26 Å². The number of hydrogen-bond donors (Lipinski definition) is 1. The van der Waals surface area contributed by atoms with Gasteiger partial charge in [-0.05, 0) is 44.9 Å². The Morgan fingerprint density at radius 1 is 1.08 bits per heavy atom. The van der Waals surface area contributed by atoms with Crippen LogP contribution < -0.4 is 5.32 Å². The lowest BCUT2D eigenvalue weighted by Gasteiger charge is -2.15. The normalized spacial score (nSPS) is 15.7. The van der Waals surface area contributed by atoms with Crippen molar-refractivity contribution in [3.63, 3.8) is 0 Å². The molecule has 0 aliphatic carbocycles. The fourth-order valence-corrected chi connectivity index (χ4v) is 4.08. The molecule has 0 bridgehead atoms. The topological polar surface area (TPSA) is 110 Å². The second-order valence-electron chi connectivity index (χ2n) is 9.57. The monoisotopic (exact) mass is 480 g/mol. The lowest BCUT2D eigenvalue weighted by atomic mass is 9.90. The Bertz CT molecular complexity index is 1400. The predicted octanol–water partition coefficient (Wildman–Crippen LogP) is 4.85. The lowest BCUT2D eigenvalue weighted by Crippen LogP contribution is -2.28. The SMILES string of the molecule is Cc1ncc(-c2ccnc(C(C)(C)C#N)c2)nc1-c1cc(-c2ccc(CN[C@H]3CCOC3)cc2)no1. The highest BCUT2D eigenvalue weighted by molar-refractivity contribution is 5.68. The van der Waals surface area contributed by atoms with Gasteiger partial charge in [0.2, 0.25) is 0 Å². The molecular formula is C28H28N6O2. The number of ether oxygens (including phenoxy) is 1. The summed E-state index contributed by atoms with van der Waals surface area (Å²) in [5.41, 5.74) is 5.78. The van der Waals surface area contributed by atoms with Crippen molar-refractivity contribution in [3.8, 4) is 40.0 Å². The number of nitriles is 1. The van der Waals surface area contributed by atoms with Gasteiger partial charge < -0.3 is 14.6 Å². The summed E-state index contributed by atoms with van der Waals surface area (Å²) in [6.07, 6.45) is 4.47. The van der Waals surface area contributed by atoms with Crippen LogP contribution in [0.25, 0.3) is 34.0 Å². The molecule has 0 unspecified atom stereocenters. The Morgan fingerprint density at radius 3 is 2.67 bits per heavy atom. The van der Waals surface area contributed by atoms with E-state index in [1.165, 1.54) is 5.56 Å². The van der Waals surface area contributed by atoms with Crippen LogP contribution in [0.4, 0.5) is 0 Å². The van der Waals surface area contributed by atoms with E-state index in [1.807, 2.05) is 51.1 Å². The van der Waals surface area contributed by atoms with E-state index < -0.39 is 5.41 Å². The molecule has 36 heavy (non-hydrogen) atoms. The molecule has 0 amide bonds. The highest BCUT2D eigenvalue weighted by atomic mass is 16.5. The molecule has 182 valence electrons. The molecule has 1 N–H and O–H groups in total. The molecular weight excluding hydrogens is 452 g/mol. The van der Waals surface area contributed by atoms with Gasteiger partial charge in [0, 0.05) is 42.6 Å². The van der Waals surface area contributed by atoms with Gasteiger partial charge >= 0.3 is 0 Å². The first-order valence-electron chi connectivity index (χ1n) is 12.0. The zero-order valence-electron chi connectivity index (χ0n) is 20.7. The van der Waals surface area contributed by atoms with Crippen molar-refractivity contribution < 1.29 is 9.26 Å². The number of rotatable bonds is 7. The second kappa shape index (κ2) is 9.97. The molecule has 0 saturated carbocycles. The molecule has 8 heteroatoms. The second-order valence-corrected chi connectivity index (χ2v) is 9.57. The van der Waals surface area contributed by atoms with Gasteiger partial charge in [-0.25, -0.2) is 4.98 Å². The van der Waals surface area contributed by atoms with Crippen molar-refractivity contribution >= 4 is 0 Å². The quantitative estimate of drug-likeness (QED) is 0.400. The Morgan fingerprint density at radius 2 is 1.92 bits per heavy atom. The number of pyridine rings is 1. The fraction of sp³-hybridized carbons (Fsp3) is 0.321. The zero-order chi connectivity index (χ0) is 25.1. The summed E-state index contributed by atoms with van der Waals surface area (Å²) in [7, 11) is 0. The van der Waals surface area contributed by atoms with Crippen LogP contribution >= 0.6 is 0 Å². The van der Waals surface area contributed by atoms with Gasteiger partial charge in [0.25, 0.3) is 0 Å². The van der Waals surface area contributed by atoms with Crippen LogP contribution in [0.1, 0.15) is 37.2 Å². The molecule has 1 saturated heterocycles. The Hall–Kier alpha value is -3.93. The van der Waals surface area contributed by atoms with Crippen LogP contribution in [0, 0.1) is 18.3 Å². The van der Waals surface area contributed by atoms with E-state index in [4.69, 9.17) is 14.2 Å². The Balaban J connectivity index is 1.36. The molecule has 1 atom stereocenters. The van der Waals surface area contributed by atoms with E-state index in [1.54, 1.807) is 12.4 Å². The number of nitrogens with zero attached hydrogens (tertiary/aromatic N) is 5. The third-order valence-corrected chi connectivity index (χ3v) is 6.45. The summed E-state index contributed by atoms with van der Waals surface area (Å²) >= 11 is 0. The first-order valence-corrected chi connectivity index (χ1v) is 12.0. The maximum atomic E-state index is 9.48. The van der Waals surface area contributed by atoms with E-state index in [0.717, 1.165) is 48.7 Å². The Labute approximate surface area is 210 Å². The first-order chi connectivity index (χ1) is 17.4. The number of aromatic nitrogens is 4. The van der Waals surface area contributed by atoms with Crippen molar-refractivity contribution in [2.45, 2.75) is 45.2 Å². The molecule has 1 fully saturated rings. The van der Waals surface area contributed by atoms with Crippen LogP contribution in [0.5, 0.6) is 0 Å². The maximum absolute atomic E-state index is 9.48. The van der Waals surface area contributed by atoms with Crippen molar-refractivity contribution in [3.05, 3.63) is 71.8 Å². The highest BCUT2D eigenvalue weighted by Crippen LogP contribution is 2.30. The average molecular weight is 481 g/mol. The minimum absolute atomic E-state index is 0.430. The third kappa shape index (κ3) is 5.03. The maximum Gasteiger partial charge on any atom is 0.187 e. The summed E-state index contributed by atoms with van der Waals surface area (Å²) in [5.74, 6) is 0.551. The molecule has 1 aliphatic rings. The number of hydrogen-bond acceptors (Lipinski definition) is 8. The van der Waals surface area contributed by atoms with Gasteiger partial charge in [-0.2, -0.15) is 5.26 Å². The summed E-state index contributed by atoms with van der Waals surface area (Å²) in [4.78, 5) is 13.7. The van der Waals surface area contributed by atoms with Crippen molar-refractivity contribution in [2.75, 3.05) is 13.2 Å². The van der Waals surface area contributed by atoms with Gasteiger partial charge in [0.1, 0.15) is 11.4 Å². The fourth-order valence-electron chi connectivity index (χ4n) is 4.08. The van der Waals surface area contributed by atoms with Gasteiger partial charge in [-0.15, -0.1) is 0 Å². The molecule has 5 rings (SSSR count). The van der Waals surface area contributed by atoms with Gasteiger partial charge in [0.05, 0.1) is 41.4 Å². The molecule has 0 radical (unpaired) electrons. The van der Waals surface area contributed by atoms with Gasteiger partial charge in [0.15, 0.2) is 5.76 Å². The van der Waals surface area contributed by atoms with Crippen LogP contribution in [0.15, 0.2) is 59.4 Å². The summed E-state index contributed by atoms with van der Waals surface area (Å²) in [5, 5.41) is 17.3. The molecule has 4 aromatic rings. The molecule has 1 aromatic carbocycles. The minimum atomic E-state index is -0.701. The van der Waals surface area contributed by atoms with E-state index in [2.05, 4.69) is 38.6 Å². The first kappa shape index (κ1) is 23.8. The number of benzene rings is 1. The smallest absolute Gasteiger partial charge is 0.187 e. The minimum Gasteiger partial charge on any atom is -0.380 e. The van der Waals surface area contributed by atoms with E-state index in [-0.39, 0.29) is 0 Å². The summed E-state index contributed by atoms with van der Waals surface area (Å²) < 4.78 is 11.1. The zero-order valence-corrected chi connectivity index (χ0v) is 20.7. The molecule has 1 aliphatic heterocycles. The molecule has 0 spiro atoms. The number of aryl methyl sites for hydroxylation is 1. The third-order valence-electron chi connectivity index (χ3n) is 6.45. The van der Waals surface area contributed by atoms with Crippen molar-refractivity contribution in [2.24, 2.45) is 0 Å². The van der Waals surface area contributed by atoms with E-state index in [0.29, 0.717) is 28.9 Å². The lowest BCUT2D eigenvalue weighted by molar-refractivity contribution is 0.190. The summed E-state index contributed by atoms with van der Waals surface area (Å²) in [6, 6.07) is 16.7. The van der Waals surface area contributed by atoms with Crippen molar-refractivity contribution in [1.82, 2.24) is 25.4 Å². The van der Waals surface area contributed by atoms with Gasteiger partial charge in [-0.3, -0.25) is 9.97 Å². The van der Waals surface area contributed by atoms with Crippen molar-refractivity contribution in [1.29, 1.82) is 5.26 Å².